The van der Waals surface area contributed by atoms with Crippen molar-refractivity contribution in [3.05, 3.63) is 34.3 Å². The SMILES string of the molecule is O=C(NCCNC(=O)C1CCCCN1)c1ccc(Br)cc1. The number of halogens is 1. The van der Waals surface area contributed by atoms with Crippen LogP contribution in [0.3, 0.4) is 0 Å². The highest BCUT2D eigenvalue weighted by Gasteiger charge is 2.19. The standard InChI is InChI=1S/C15H20BrN3O2/c16-12-6-4-11(5-7-12)14(20)18-9-10-19-15(21)13-3-1-2-8-17-13/h4-7,13,17H,1-3,8-10H2,(H,18,20)(H,19,21). The molecule has 1 atom stereocenters. The Morgan fingerprint density at radius 3 is 2.52 bits per heavy atom. The fourth-order valence-corrected chi connectivity index (χ4v) is 2.53. The van der Waals surface area contributed by atoms with Crippen LogP contribution in [-0.2, 0) is 4.79 Å². The largest absolute Gasteiger partial charge is 0.353 e. The monoisotopic (exact) mass is 353 g/mol. The van der Waals surface area contributed by atoms with Gasteiger partial charge in [-0.15, -0.1) is 0 Å². The minimum absolute atomic E-state index is 0.0209. The third-order valence-corrected chi connectivity index (χ3v) is 3.97. The molecule has 3 N–H and O–H groups in total. The highest BCUT2D eigenvalue weighted by Crippen LogP contribution is 2.10. The average Bonchev–Trinajstić information content (AvgIpc) is 2.52. The number of carbonyl (C=O) groups is 2. The summed E-state index contributed by atoms with van der Waals surface area (Å²) in [5.74, 6) is -0.111. The first-order chi connectivity index (χ1) is 10.2. The van der Waals surface area contributed by atoms with Crippen LogP contribution >= 0.6 is 15.9 Å². The van der Waals surface area contributed by atoms with E-state index >= 15 is 0 Å². The Morgan fingerprint density at radius 1 is 1.14 bits per heavy atom. The first-order valence-electron chi connectivity index (χ1n) is 7.21. The Bertz CT molecular complexity index is 484. The van der Waals surface area contributed by atoms with Crippen LogP contribution in [-0.4, -0.2) is 37.5 Å². The number of carbonyl (C=O) groups excluding carboxylic acids is 2. The summed E-state index contributed by atoms with van der Waals surface area (Å²) in [5, 5.41) is 8.83. The van der Waals surface area contributed by atoms with Gasteiger partial charge in [0.1, 0.15) is 0 Å². The van der Waals surface area contributed by atoms with Crippen molar-refractivity contribution in [1.29, 1.82) is 0 Å². The summed E-state index contributed by atoms with van der Waals surface area (Å²) in [6, 6.07) is 7.08. The maximum Gasteiger partial charge on any atom is 0.251 e. The highest BCUT2D eigenvalue weighted by molar-refractivity contribution is 9.10. The third-order valence-electron chi connectivity index (χ3n) is 3.44. The van der Waals surface area contributed by atoms with Gasteiger partial charge in [0.15, 0.2) is 0 Å². The molecule has 0 bridgehead atoms. The molecule has 5 nitrogen and oxygen atoms in total. The zero-order valence-corrected chi connectivity index (χ0v) is 13.4. The van der Waals surface area contributed by atoms with Gasteiger partial charge in [-0.1, -0.05) is 22.4 Å². The summed E-state index contributed by atoms with van der Waals surface area (Å²) in [6.07, 6.45) is 3.11. The molecule has 1 fully saturated rings. The molecule has 1 aromatic rings. The second-order valence-corrected chi connectivity index (χ2v) is 5.97. The molecule has 21 heavy (non-hydrogen) atoms. The van der Waals surface area contributed by atoms with Crippen LogP contribution < -0.4 is 16.0 Å². The lowest BCUT2D eigenvalue weighted by molar-refractivity contribution is -0.123. The van der Waals surface area contributed by atoms with Crippen molar-refractivity contribution in [3.8, 4) is 0 Å². The predicted octanol–water partition coefficient (Wildman–Crippen LogP) is 1.44. The summed E-state index contributed by atoms with van der Waals surface area (Å²) >= 11 is 3.33. The molecule has 1 saturated heterocycles. The van der Waals surface area contributed by atoms with Crippen LogP contribution in [0.4, 0.5) is 0 Å². The Morgan fingerprint density at radius 2 is 1.86 bits per heavy atom. The molecule has 2 rings (SSSR count). The molecule has 0 spiro atoms. The molecule has 0 aliphatic carbocycles. The summed E-state index contributed by atoms with van der Waals surface area (Å²) in [4.78, 5) is 23.7. The van der Waals surface area contributed by atoms with E-state index in [4.69, 9.17) is 0 Å². The quantitative estimate of drug-likeness (QED) is 0.701. The number of piperidine rings is 1. The number of rotatable bonds is 5. The van der Waals surface area contributed by atoms with Gasteiger partial charge in [-0.25, -0.2) is 0 Å². The normalized spacial score (nSPS) is 18.0. The Kier molecular flexibility index (Phi) is 6.20. The molecule has 6 heteroatoms. The number of benzene rings is 1. The van der Waals surface area contributed by atoms with Crippen LogP contribution in [0.2, 0.25) is 0 Å². The van der Waals surface area contributed by atoms with E-state index in [0.717, 1.165) is 30.3 Å². The molecule has 0 aromatic heterocycles. The van der Waals surface area contributed by atoms with Crippen molar-refractivity contribution >= 4 is 27.7 Å². The van der Waals surface area contributed by atoms with Gasteiger partial charge in [-0.2, -0.15) is 0 Å². The van der Waals surface area contributed by atoms with E-state index in [9.17, 15) is 9.59 Å². The fourth-order valence-electron chi connectivity index (χ4n) is 2.26. The second-order valence-electron chi connectivity index (χ2n) is 5.06. The van der Waals surface area contributed by atoms with Crippen LogP contribution in [0.25, 0.3) is 0 Å². The number of nitrogens with one attached hydrogen (secondary N) is 3. The molecule has 1 heterocycles. The molecular weight excluding hydrogens is 334 g/mol. The molecule has 1 unspecified atom stereocenters. The fraction of sp³-hybridized carbons (Fsp3) is 0.467. The van der Waals surface area contributed by atoms with Crippen molar-refractivity contribution < 1.29 is 9.59 Å². The van der Waals surface area contributed by atoms with Gasteiger partial charge in [0, 0.05) is 23.1 Å². The van der Waals surface area contributed by atoms with Crippen molar-refractivity contribution in [3.63, 3.8) is 0 Å². The van der Waals surface area contributed by atoms with E-state index in [1.807, 2.05) is 12.1 Å². The predicted molar refractivity (Wildman–Crippen MR) is 85.1 cm³/mol. The number of hydrogen-bond donors (Lipinski definition) is 3. The molecule has 0 saturated carbocycles. The van der Waals surface area contributed by atoms with Gasteiger partial charge in [0.2, 0.25) is 5.91 Å². The van der Waals surface area contributed by atoms with Crippen LogP contribution in [0.1, 0.15) is 29.6 Å². The van der Waals surface area contributed by atoms with Gasteiger partial charge in [-0.3, -0.25) is 9.59 Å². The Balaban J connectivity index is 1.66. The maximum atomic E-state index is 11.9. The van der Waals surface area contributed by atoms with Crippen molar-refractivity contribution in [2.24, 2.45) is 0 Å². The van der Waals surface area contributed by atoms with Gasteiger partial charge >= 0.3 is 0 Å². The van der Waals surface area contributed by atoms with Gasteiger partial charge in [-0.05, 0) is 43.7 Å². The average molecular weight is 354 g/mol. The smallest absolute Gasteiger partial charge is 0.251 e. The van der Waals surface area contributed by atoms with Gasteiger partial charge < -0.3 is 16.0 Å². The van der Waals surface area contributed by atoms with Crippen molar-refractivity contribution in [1.82, 2.24) is 16.0 Å². The minimum atomic E-state index is -0.132. The van der Waals surface area contributed by atoms with Crippen LogP contribution in [0.5, 0.6) is 0 Å². The maximum absolute atomic E-state index is 11.9. The number of hydrogen-bond acceptors (Lipinski definition) is 3. The molecule has 1 aromatic carbocycles. The molecule has 114 valence electrons. The van der Waals surface area contributed by atoms with Gasteiger partial charge in [0.05, 0.1) is 6.04 Å². The van der Waals surface area contributed by atoms with Crippen LogP contribution in [0, 0.1) is 0 Å². The second kappa shape index (κ2) is 8.14. The first kappa shape index (κ1) is 16.0. The third kappa shape index (κ3) is 5.13. The lowest BCUT2D eigenvalue weighted by atomic mass is 10.0. The van der Waals surface area contributed by atoms with Crippen molar-refractivity contribution in [2.75, 3.05) is 19.6 Å². The summed E-state index contributed by atoms with van der Waals surface area (Å²) in [7, 11) is 0. The molecule has 1 aliphatic heterocycles. The molecule has 2 amide bonds. The molecular formula is C15H20BrN3O2. The van der Waals surface area contributed by atoms with E-state index in [-0.39, 0.29) is 17.9 Å². The Labute approximate surface area is 133 Å². The lowest BCUT2D eigenvalue weighted by Gasteiger charge is -2.22. The summed E-state index contributed by atoms with van der Waals surface area (Å²) in [5.41, 5.74) is 0.610. The lowest BCUT2D eigenvalue weighted by Crippen LogP contribution is -2.48. The number of amides is 2. The highest BCUT2D eigenvalue weighted by atomic mass is 79.9. The zero-order valence-electron chi connectivity index (χ0n) is 11.8. The summed E-state index contributed by atoms with van der Waals surface area (Å²) < 4.78 is 0.936. The zero-order chi connectivity index (χ0) is 15.1. The van der Waals surface area contributed by atoms with E-state index in [2.05, 4.69) is 31.9 Å². The van der Waals surface area contributed by atoms with Crippen molar-refractivity contribution in [2.45, 2.75) is 25.3 Å². The topological polar surface area (TPSA) is 70.2 Å². The minimum Gasteiger partial charge on any atom is -0.353 e. The van der Waals surface area contributed by atoms with E-state index in [0.29, 0.717) is 18.7 Å². The summed E-state index contributed by atoms with van der Waals surface area (Å²) in [6.45, 7) is 1.77. The van der Waals surface area contributed by atoms with Crippen LogP contribution in [0.15, 0.2) is 28.7 Å². The van der Waals surface area contributed by atoms with Gasteiger partial charge in [0.25, 0.3) is 5.91 Å². The van der Waals surface area contributed by atoms with E-state index in [1.54, 1.807) is 12.1 Å². The molecule has 0 radical (unpaired) electrons. The first-order valence-corrected chi connectivity index (χ1v) is 8.01. The molecule has 1 aliphatic rings. The van der Waals surface area contributed by atoms with E-state index in [1.165, 1.54) is 0 Å². The Hall–Kier alpha value is -1.40. The van der Waals surface area contributed by atoms with E-state index < -0.39 is 0 Å².